The topological polar surface area (TPSA) is 50.9 Å². The third-order valence-corrected chi connectivity index (χ3v) is 3.20. The Morgan fingerprint density at radius 1 is 1.56 bits per heavy atom. The van der Waals surface area contributed by atoms with E-state index in [9.17, 15) is 4.39 Å². The van der Waals surface area contributed by atoms with Gasteiger partial charge >= 0.3 is 0 Å². The van der Waals surface area contributed by atoms with Gasteiger partial charge in [-0.15, -0.1) is 0 Å². The molecule has 1 unspecified atom stereocenters. The number of nitrogens with two attached hydrogens (primary N) is 1. The third kappa shape index (κ3) is 2.46. The first-order valence-corrected chi connectivity index (χ1v) is 5.95. The number of aliphatic imine (C=N–C) groups is 1. The number of aryl methyl sites for hydroxylation is 1. The SMILES string of the molecule is COCCN1C(N)=NCC1c1ccc(F)c(C)c1. The van der Waals surface area contributed by atoms with Crippen LogP contribution in [-0.2, 0) is 4.74 Å². The second kappa shape index (κ2) is 5.35. The molecular formula is C13H18FN3O. The van der Waals surface area contributed by atoms with Gasteiger partial charge in [-0.25, -0.2) is 4.39 Å². The summed E-state index contributed by atoms with van der Waals surface area (Å²) in [5, 5.41) is 0. The van der Waals surface area contributed by atoms with Gasteiger partial charge in [-0.2, -0.15) is 0 Å². The molecule has 1 aliphatic rings. The lowest BCUT2D eigenvalue weighted by Gasteiger charge is -2.26. The molecule has 0 aliphatic carbocycles. The van der Waals surface area contributed by atoms with Crippen molar-refractivity contribution in [1.82, 2.24) is 4.90 Å². The van der Waals surface area contributed by atoms with E-state index in [4.69, 9.17) is 10.5 Å². The van der Waals surface area contributed by atoms with E-state index < -0.39 is 0 Å². The van der Waals surface area contributed by atoms with Crippen molar-refractivity contribution in [1.29, 1.82) is 0 Å². The molecule has 1 atom stereocenters. The number of methoxy groups -OCH3 is 1. The predicted molar refractivity (Wildman–Crippen MR) is 68.9 cm³/mol. The molecule has 5 heteroatoms. The number of nitrogens with zero attached hydrogens (tertiary/aromatic N) is 2. The van der Waals surface area contributed by atoms with Gasteiger partial charge in [0.1, 0.15) is 5.82 Å². The molecule has 2 rings (SSSR count). The number of rotatable bonds is 4. The summed E-state index contributed by atoms with van der Waals surface area (Å²) < 4.78 is 18.3. The highest BCUT2D eigenvalue weighted by molar-refractivity contribution is 5.80. The molecule has 1 aliphatic heterocycles. The minimum absolute atomic E-state index is 0.0828. The summed E-state index contributed by atoms with van der Waals surface area (Å²) in [5.74, 6) is 0.341. The zero-order chi connectivity index (χ0) is 13.1. The number of ether oxygens (including phenoxy) is 1. The van der Waals surface area contributed by atoms with Gasteiger partial charge < -0.3 is 15.4 Å². The number of guanidine groups is 1. The van der Waals surface area contributed by atoms with E-state index in [-0.39, 0.29) is 11.9 Å². The van der Waals surface area contributed by atoms with E-state index in [0.29, 0.717) is 31.2 Å². The summed E-state index contributed by atoms with van der Waals surface area (Å²) in [5.41, 5.74) is 7.54. The van der Waals surface area contributed by atoms with Gasteiger partial charge in [0.05, 0.1) is 19.2 Å². The van der Waals surface area contributed by atoms with Crippen molar-refractivity contribution < 1.29 is 9.13 Å². The van der Waals surface area contributed by atoms with E-state index in [2.05, 4.69) is 4.99 Å². The van der Waals surface area contributed by atoms with Crippen LogP contribution in [0.1, 0.15) is 17.2 Å². The Labute approximate surface area is 106 Å². The molecule has 18 heavy (non-hydrogen) atoms. The summed E-state index contributed by atoms with van der Waals surface area (Å²) in [6.07, 6.45) is 0. The van der Waals surface area contributed by atoms with Crippen LogP contribution in [0.4, 0.5) is 4.39 Å². The molecule has 4 nitrogen and oxygen atoms in total. The average Bonchev–Trinajstić information content (AvgIpc) is 2.72. The van der Waals surface area contributed by atoms with Crippen LogP contribution in [0.15, 0.2) is 23.2 Å². The van der Waals surface area contributed by atoms with E-state index in [1.165, 1.54) is 6.07 Å². The summed E-state index contributed by atoms with van der Waals surface area (Å²) in [6, 6.07) is 5.22. The van der Waals surface area contributed by atoms with Gasteiger partial charge in [0.25, 0.3) is 0 Å². The van der Waals surface area contributed by atoms with Crippen LogP contribution < -0.4 is 5.73 Å². The smallest absolute Gasteiger partial charge is 0.192 e. The third-order valence-electron chi connectivity index (χ3n) is 3.20. The second-order valence-electron chi connectivity index (χ2n) is 4.41. The maximum Gasteiger partial charge on any atom is 0.192 e. The molecule has 0 amide bonds. The zero-order valence-electron chi connectivity index (χ0n) is 10.7. The fraction of sp³-hybridized carbons (Fsp3) is 0.462. The molecule has 1 heterocycles. The number of hydrogen-bond acceptors (Lipinski definition) is 4. The Bertz CT molecular complexity index is 462. The molecule has 0 saturated carbocycles. The normalized spacial score (nSPS) is 19.2. The fourth-order valence-corrected chi connectivity index (χ4v) is 2.15. The van der Waals surface area contributed by atoms with Gasteiger partial charge in [0.15, 0.2) is 5.96 Å². The first-order chi connectivity index (χ1) is 8.63. The van der Waals surface area contributed by atoms with Gasteiger partial charge in [-0.05, 0) is 24.1 Å². The first kappa shape index (κ1) is 12.8. The molecule has 0 aromatic heterocycles. The lowest BCUT2D eigenvalue weighted by atomic mass is 10.0. The van der Waals surface area contributed by atoms with Gasteiger partial charge in [0, 0.05) is 13.7 Å². The zero-order valence-corrected chi connectivity index (χ0v) is 10.7. The number of benzene rings is 1. The van der Waals surface area contributed by atoms with Crippen molar-refractivity contribution in [3.63, 3.8) is 0 Å². The van der Waals surface area contributed by atoms with E-state index in [1.54, 1.807) is 20.1 Å². The molecule has 2 N–H and O–H groups in total. The van der Waals surface area contributed by atoms with Crippen molar-refractivity contribution in [2.24, 2.45) is 10.7 Å². The van der Waals surface area contributed by atoms with Crippen LogP contribution in [0, 0.1) is 12.7 Å². The molecule has 1 aromatic carbocycles. The highest BCUT2D eigenvalue weighted by Gasteiger charge is 2.27. The Kier molecular flexibility index (Phi) is 3.81. The van der Waals surface area contributed by atoms with Crippen LogP contribution in [0.2, 0.25) is 0 Å². The standard InChI is InChI=1S/C13H18FN3O/c1-9-7-10(3-4-11(9)14)12-8-16-13(15)17(12)5-6-18-2/h3-4,7,12H,5-6,8H2,1-2H3,(H2,15,16). The van der Waals surface area contributed by atoms with Crippen molar-refractivity contribution in [3.05, 3.63) is 35.1 Å². The Balaban J connectivity index is 2.19. The number of hydrogen-bond donors (Lipinski definition) is 1. The average molecular weight is 251 g/mol. The summed E-state index contributed by atoms with van der Waals surface area (Å²) in [4.78, 5) is 6.25. The fourth-order valence-electron chi connectivity index (χ4n) is 2.15. The monoisotopic (exact) mass is 251 g/mol. The van der Waals surface area contributed by atoms with E-state index in [0.717, 1.165) is 5.56 Å². The highest BCUT2D eigenvalue weighted by atomic mass is 19.1. The molecule has 0 bridgehead atoms. The molecule has 1 aromatic rings. The van der Waals surface area contributed by atoms with Crippen molar-refractivity contribution in [2.45, 2.75) is 13.0 Å². The second-order valence-corrected chi connectivity index (χ2v) is 4.41. The predicted octanol–water partition coefficient (Wildman–Crippen LogP) is 1.45. The summed E-state index contributed by atoms with van der Waals surface area (Å²) in [7, 11) is 1.65. The molecule has 98 valence electrons. The lowest BCUT2D eigenvalue weighted by Crippen LogP contribution is -2.38. The van der Waals surface area contributed by atoms with E-state index in [1.807, 2.05) is 11.0 Å². The number of halogens is 1. The first-order valence-electron chi connectivity index (χ1n) is 5.95. The molecule has 0 saturated heterocycles. The van der Waals surface area contributed by atoms with Crippen LogP contribution in [-0.4, -0.2) is 37.7 Å². The van der Waals surface area contributed by atoms with Gasteiger partial charge in [-0.1, -0.05) is 12.1 Å². The van der Waals surface area contributed by atoms with Crippen LogP contribution in [0.5, 0.6) is 0 Å². The van der Waals surface area contributed by atoms with Crippen molar-refractivity contribution in [3.8, 4) is 0 Å². The lowest BCUT2D eigenvalue weighted by molar-refractivity contribution is 0.166. The van der Waals surface area contributed by atoms with Crippen LogP contribution in [0.3, 0.4) is 0 Å². The Morgan fingerprint density at radius 2 is 2.33 bits per heavy atom. The van der Waals surface area contributed by atoms with Crippen LogP contribution >= 0.6 is 0 Å². The Morgan fingerprint density at radius 3 is 3.00 bits per heavy atom. The molecule has 0 spiro atoms. The van der Waals surface area contributed by atoms with Crippen molar-refractivity contribution in [2.75, 3.05) is 26.8 Å². The van der Waals surface area contributed by atoms with Crippen molar-refractivity contribution >= 4 is 5.96 Å². The minimum atomic E-state index is -0.186. The van der Waals surface area contributed by atoms with Gasteiger partial charge in [0.2, 0.25) is 0 Å². The Hall–Kier alpha value is -1.62. The maximum absolute atomic E-state index is 13.3. The molecule has 0 fully saturated rings. The summed E-state index contributed by atoms with van der Waals surface area (Å²) >= 11 is 0. The highest BCUT2D eigenvalue weighted by Crippen LogP contribution is 2.26. The quantitative estimate of drug-likeness (QED) is 0.881. The van der Waals surface area contributed by atoms with E-state index >= 15 is 0 Å². The molecule has 0 radical (unpaired) electrons. The summed E-state index contributed by atoms with van der Waals surface area (Å²) in [6.45, 7) is 3.65. The minimum Gasteiger partial charge on any atom is -0.383 e. The van der Waals surface area contributed by atoms with Gasteiger partial charge in [-0.3, -0.25) is 4.99 Å². The maximum atomic E-state index is 13.3. The van der Waals surface area contributed by atoms with Crippen LogP contribution in [0.25, 0.3) is 0 Å². The molecular weight excluding hydrogens is 233 g/mol. The largest absolute Gasteiger partial charge is 0.383 e.